The number of carboxylic acid groups (broad SMARTS) is 1. The average molecular weight is 459 g/mol. The quantitative estimate of drug-likeness (QED) is 0.578. The molecule has 0 aromatic rings. The van der Waals surface area contributed by atoms with E-state index in [0.29, 0.717) is 19.3 Å². The van der Waals surface area contributed by atoms with Crippen LogP contribution in [0.5, 0.6) is 0 Å². The van der Waals surface area contributed by atoms with Crippen molar-refractivity contribution in [2.45, 2.75) is 64.4 Å². The highest BCUT2D eigenvalue weighted by Gasteiger charge is 2.68. The first-order chi connectivity index (χ1) is 15.4. The number of carbonyl (C=O) groups is 5. The molecule has 0 heterocycles. The van der Waals surface area contributed by atoms with Crippen LogP contribution in [-0.2, 0) is 28.7 Å². The summed E-state index contributed by atoms with van der Waals surface area (Å²) in [5.41, 5.74) is -2.31. The number of esters is 1. The van der Waals surface area contributed by atoms with E-state index in [2.05, 4.69) is 0 Å². The molecule has 33 heavy (non-hydrogen) atoms. The maximum absolute atomic E-state index is 13.5. The number of allylic oxidation sites excluding steroid dienone is 4. The molecule has 4 rings (SSSR count). The fourth-order valence-electron chi connectivity index (χ4n) is 7.04. The van der Waals surface area contributed by atoms with E-state index in [4.69, 9.17) is 9.84 Å². The Hall–Kier alpha value is -2.61. The van der Waals surface area contributed by atoms with E-state index in [1.807, 2.05) is 13.0 Å². The number of ether oxygens (including phenoxy) is 1. The van der Waals surface area contributed by atoms with E-state index in [-0.39, 0.29) is 48.6 Å². The van der Waals surface area contributed by atoms with Crippen molar-refractivity contribution in [1.82, 2.24) is 0 Å². The van der Waals surface area contributed by atoms with Gasteiger partial charge in [-0.15, -0.1) is 0 Å². The van der Waals surface area contributed by atoms with E-state index >= 15 is 0 Å². The minimum absolute atomic E-state index is 0.0163. The summed E-state index contributed by atoms with van der Waals surface area (Å²) in [5.74, 6) is -3.05. The van der Waals surface area contributed by atoms with Gasteiger partial charge in [-0.1, -0.05) is 25.5 Å². The summed E-state index contributed by atoms with van der Waals surface area (Å²) in [6.45, 7) is 3.15. The van der Waals surface area contributed by atoms with Crippen LogP contribution in [-0.4, -0.2) is 51.7 Å². The second-order valence-corrected chi connectivity index (χ2v) is 10.4. The highest BCUT2D eigenvalue weighted by atomic mass is 16.5. The number of ketones is 3. The molecule has 8 heteroatoms. The molecule has 0 radical (unpaired) electrons. The first-order valence-electron chi connectivity index (χ1n) is 11.5. The van der Waals surface area contributed by atoms with Gasteiger partial charge < -0.3 is 14.9 Å². The maximum atomic E-state index is 13.5. The first-order valence-corrected chi connectivity index (χ1v) is 11.5. The lowest BCUT2D eigenvalue weighted by molar-refractivity contribution is -0.172. The molecule has 0 aromatic carbocycles. The predicted octanol–water partition coefficient (Wildman–Crippen LogP) is 2.18. The number of Topliss-reactive ketones (excluding diaryl/α,β-unsaturated/α-hetero) is 2. The monoisotopic (exact) mass is 458 g/mol. The summed E-state index contributed by atoms with van der Waals surface area (Å²) >= 11 is 0. The summed E-state index contributed by atoms with van der Waals surface area (Å²) in [6.07, 6.45) is 6.49. The number of hydrogen-bond donors (Lipinski definition) is 2. The van der Waals surface area contributed by atoms with Crippen molar-refractivity contribution in [2.75, 3.05) is 6.61 Å². The van der Waals surface area contributed by atoms with Gasteiger partial charge in [-0.3, -0.25) is 24.0 Å². The second-order valence-electron chi connectivity index (χ2n) is 10.4. The van der Waals surface area contributed by atoms with Gasteiger partial charge in [-0.2, -0.15) is 0 Å². The number of hydrogen-bond acceptors (Lipinski definition) is 7. The van der Waals surface area contributed by atoms with Gasteiger partial charge in [0.05, 0.1) is 12.8 Å². The van der Waals surface area contributed by atoms with Crippen LogP contribution in [0.2, 0.25) is 0 Å². The van der Waals surface area contributed by atoms with Gasteiger partial charge in [-0.05, 0) is 49.7 Å². The number of aliphatic hydroxyl groups is 1. The third kappa shape index (κ3) is 3.59. The molecule has 0 bridgehead atoms. The van der Waals surface area contributed by atoms with Crippen LogP contribution in [0.1, 0.15) is 58.8 Å². The Morgan fingerprint density at radius 3 is 2.58 bits per heavy atom. The topological polar surface area (TPSA) is 135 Å². The third-order valence-corrected chi connectivity index (χ3v) is 8.78. The number of fused-ring (bicyclic) bond motifs is 5. The fraction of sp³-hybridized carbons (Fsp3) is 0.640. The summed E-state index contributed by atoms with van der Waals surface area (Å²) in [5, 5.41) is 20.2. The molecular formula is C25H30O8. The van der Waals surface area contributed by atoms with Crippen LogP contribution in [0.4, 0.5) is 0 Å². The normalized spacial score (nSPS) is 39.2. The molecule has 4 aliphatic carbocycles. The molecule has 0 aliphatic heterocycles. The fourth-order valence-corrected chi connectivity index (χ4v) is 7.04. The largest absolute Gasteiger partial charge is 0.481 e. The Morgan fingerprint density at radius 1 is 1.15 bits per heavy atom. The van der Waals surface area contributed by atoms with Crippen LogP contribution in [0.25, 0.3) is 0 Å². The molecule has 0 amide bonds. The third-order valence-electron chi connectivity index (χ3n) is 8.78. The Labute approximate surface area is 192 Å². The molecule has 3 unspecified atom stereocenters. The van der Waals surface area contributed by atoms with Crippen LogP contribution in [0, 0.1) is 28.6 Å². The Kier molecular flexibility index (Phi) is 5.71. The van der Waals surface area contributed by atoms with Crippen molar-refractivity contribution in [3.05, 3.63) is 23.8 Å². The Balaban J connectivity index is 1.54. The van der Waals surface area contributed by atoms with Gasteiger partial charge in [0.2, 0.25) is 5.78 Å². The summed E-state index contributed by atoms with van der Waals surface area (Å²) in [4.78, 5) is 60.8. The molecule has 0 spiro atoms. The molecule has 0 aromatic heterocycles. The van der Waals surface area contributed by atoms with E-state index in [0.717, 1.165) is 5.57 Å². The Morgan fingerprint density at radius 2 is 1.88 bits per heavy atom. The van der Waals surface area contributed by atoms with Crippen LogP contribution in [0.3, 0.4) is 0 Å². The average Bonchev–Trinajstić information content (AvgIpc) is 3.02. The van der Waals surface area contributed by atoms with Crippen molar-refractivity contribution in [3.8, 4) is 0 Å². The van der Waals surface area contributed by atoms with Crippen LogP contribution in [0.15, 0.2) is 23.8 Å². The van der Waals surface area contributed by atoms with Gasteiger partial charge in [0.15, 0.2) is 12.4 Å². The minimum atomic E-state index is -1.79. The molecular weight excluding hydrogens is 428 g/mol. The van der Waals surface area contributed by atoms with Gasteiger partial charge in [0, 0.05) is 23.2 Å². The van der Waals surface area contributed by atoms with Crippen molar-refractivity contribution < 1.29 is 38.9 Å². The maximum Gasteiger partial charge on any atom is 0.306 e. The highest BCUT2D eigenvalue weighted by molar-refractivity contribution is 6.02. The van der Waals surface area contributed by atoms with E-state index in [9.17, 15) is 29.1 Å². The molecule has 4 aliphatic rings. The van der Waals surface area contributed by atoms with Crippen molar-refractivity contribution in [1.29, 1.82) is 0 Å². The van der Waals surface area contributed by atoms with E-state index in [1.54, 1.807) is 13.0 Å². The zero-order valence-corrected chi connectivity index (χ0v) is 19.0. The highest BCUT2D eigenvalue weighted by Crippen LogP contribution is 2.66. The smallest absolute Gasteiger partial charge is 0.306 e. The molecule has 178 valence electrons. The summed E-state index contributed by atoms with van der Waals surface area (Å²) < 4.78 is 4.94. The summed E-state index contributed by atoms with van der Waals surface area (Å²) in [6, 6.07) is 0. The molecule has 8 nitrogen and oxygen atoms in total. The van der Waals surface area contributed by atoms with Crippen LogP contribution < -0.4 is 0 Å². The Bertz CT molecular complexity index is 992. The van der Waals surface area contributed by atoms with Gasteiger partial charge in [-0.25, -0.2) is 0 Å². The lowest BCUT2D eigenvalue weighted by Gasteiger charge is -2.56. The zero-order valence-electron chi connectivity index (χ0n) is 19.0. The van der Waals surface area contributed by atoms with Gasteiger partial charge in [0.1, 0.15) is 11.4 Å². The summed E-state index contributed by atoms with van der Waals surface area (Å²) in [7, 11) is 0. The standard InChI is InChI=1S/C25H30O8/c1-23-9-7-15(26)11-14(23)3-4-16-17-8-10-25(32,24(17,2)12-18(27)22(16)23)19(28)13-33-21(31)6-5-20(29)30/h7,9,11,16-17,22,32H,3-6,8,10,12-13H2,1-2H3,(H,29,30)/t16?,17?,22?,23-,24-,25-/m0/s1. The van der Waals surface area contributed by atoms with Gasteiger partial charge >= 0.3 is 11.9 Å². The minimum Gasteiger partial charge on any atom is -0.481 e. The zero-order chi connectivity index (χ0) is 24.2. The number of rotatable bonds is 6. The number of aliphatic carboxylic acids is 1. The molecule has 0 saturated heterocycles. The molecule has 2 N–H and O–H groups in total. The first kappa shape index (κ1) is 23.5. The van der Waals surface area contributed by atoms with E-state index < -0.39 is 47.2 Å². The molecule has 3 fully saturated rings. The molecule has 6 atom stereocenters. The van der Waals surface area contributed by atoms with Crippen molar-refractivity contribution in [3.63, 3.8) is 0 Å². The SMILES string of the molecule is C[C@]12C=CC(=O)C=C1CCC1C2C(=O)C[C@@]2(C)C1CC[C@]2(O)C(=O)COC(=O)CCC(=O)O. The molecule has 3 saturated carbocycles. The van der Waals surface area contributed by atoms with Crippen LogP contribution >= 0.6 is 0 Å². The predicted molar refractivity (Wildman–Crippen MR) is 115 cm³/mol. The number of carbonyl (C=O) groups excluding carboxylic acids is 4. The second kappa shape index (κ2) is 8.01. The lowest BCUT2D eigenvalue weighted by atomic mass is 9.46. The van der Waals surface area contributed by atoms with Crippen molar-refractivity contribution in [2.24, 2.45) is 28.6 Å². The lowest BCUT2D eigenvalue weighted by Crippen LogP contribution is -2.60. The van der Waals surface area contributed by atoms with Crippen molar-refractivity contribution >= 4 is 29.3 Å². The van der Waals surface area contributed by atoms with Gasteiger partial charge in [0.25, 0.3) is 0 Å². The van der Waals surface area contributed by atoms with E-state index in [1.165, 1.54) is 6.08 Å². The number of carboxylic acids is 1.